The third-order valence-electron chi connectivity index (χ3n) is 1.94. The maximum atomic E-state index is 11.1. The predicted molar refractivity (Wildman–Crippen MR) is 50.6 cm³/mol. The van der Waals surface area contributed by atoms with Crippen LogP contribution in [0.2, 0.25) is 0 Å². The van der Waals surface area contributed by atoms with Gasteiger partial charge in [0.1, 0.15) is 0 Å². The van der Waals surface area contributed by atoms with Crippen LogP contribution >= 0.6 is 0 Å². The Kier molecular flexibility index (Phi) is 1.96. The molecule has 0 spiro atoms. The lowest BCUT2D eigenvalue weighted by Gasteiger charge is -1.96. The summed E-state index contributed by atoms with van der Waals surface area (Å²) in [6.45, 7) is 1.46. The first kappa shape index (κ1) is 8.74. The number of fused-ring (bicyclic) bond motifs is 1. The molecule has 14 heavy (non-hydrogen) atoms. The molecule has 0 unspecified atom stereocenters. The highest BCUT2D eigenvalue weighted by Crippen LogP contribution is 2.26. The highest BCUT2D eigenvalue weighted by Gasteiger charge is 2.11. The molecule has 0 atom stereocenters. The summed E-state index contributed by atoms with van der Waals surface area (Å²) in [7, 11) is 1.51. The molecular weight excluding hydrogens is 182 g/mol. The number of Topliss-reactive ketones (excluding diaryl/α,β-unsaturated/α-hetero) is 1. The second kappa shape index (κ2) is 3.14. The Hall–Kier alpha value is -1.84. The molecule has 0 amide bonds. The summed E-state index contributed by atoms with van der Waals surface area (Å²) in [6.07, 6.45) is 1.61. The van der Waals surface area contributed by atoms with Crippen molar-refractivity contribution in [3.05, 3.63) is 24.1 Å². The van der Waals surface area contributed by atoms with Gasteiger partial charge in [0.2, 0.25) is 0 Å². The van der Waals surface area contributed by atoms with Crippen molar-refractivity contribution in [2.24, 2.45) is 0 Å². The van der Waals surface area contributed by atoms with E-state index in [1.165, 1.54) is 14.0 Å². The Morgan fingerprint density at radius 1 is 1.57 bits per heavy atom. The highest BCUT2D eigenvalue weighted by atomic mass is 16.5. The number of pyridine rings is 1. The fraction of sp³-hybridized carbons (Fsp3) is 0.200. The van der Waals surface area contributed by atoms with E-state index in [2.05, 4.69) is 4.98 Å². The number of hydrogen-bond donors (Lipinski definition) is 0. The zero-order chi connectivity index (χ0) is 10.1. The zero-order valence-corrected chi connectivity index (χ0v) is 7.90. The molecule has 0 N–H and O–H groups in total. The van der Waals surface area contributed by atoms with E-state index in [0.717, 1.165) is 5.39 Å². The van der Waals surface area contributed by atoms with Crippen molar-refractivity contribution in [3.8, 4) is 5.88 Å². The molecule has 0 bridgehead atoms. The van der Waals surface area contributed by atoms with Crippen molar-refractivity contribution < 1.29 is 13.9 Å². The number of nitrogens with zero attached hydrogens (tertiary/aromatic N) is 1. The molecular formula is C10H9NO3. The summed E-state index contributed by atoms with van der Waals surface area (Å²) in [4.78, 5) is 15.0. The van der Waals surface area contributed by atoms with Gasteiger partial charge in [0.25, 0.3) is 5.88 Å². The van der Waals surface area contributed by atoms with Crippen LogP contribution in [0.25, 0.3) is 11.0 Å². The summed E-state index contributed by atoms with van der Waals surface area (Å²) >= 11 is 0. The van der Waals surface area contributed by atoms with E-state index in [1.807, 2.05) is 0 Å². The average molecular weight is 191 g/mol. The molecule has 0 aliphatic heterocycles. The molecule has 0 aliphatic carbocycles. The van der Waals surface area contributed by atoms with Crippen LogP contribution in [-0.2, 0) is 0 Å². The van der Waals surface area contributed by atoms with E-state index < -0.39 is 0 Å². The van der Waals surface area contributed by atoms with Crippen LogP contribution in [0.3, 0.4) is 0 Å². The normalized spacial score (nSPS) is 10.4. The summed E-state index contributed by atoms with van der Waals surface area (Å²) < 4.78 is 10.3. The SMILES string of the molecule is COc1nccc2cc(C(C)=O)oc12. The Balaban J connectivity index is 2.70. The van der Waals surface area contributed by atoms with E-state index in [4.69, 9.17) is 9.15 Å². The summed E-state index contributed by atoms with van der Waals surface area (Å²) in [6, 6.07) is 3.45. The minimum Gasteiger partial charge on any atom is -0.478 e. The fourth-order valence-electron chi connectivity index (χ4n) is 1.26. The first-order valence-electron chi connectivity index (χ1n) is 4.16. The molecule has 0 fully saturated rings. The first-order chi connectivity index (χ1) is 6.72. The van der Waals surface area contributed by atoms with Gasteiger partial charge < -0.3 is 9.15 Å². The minimum absolute atomic E-state index is 0.108. The van der Waals surface area contributed by atoms with Crippen LogP contribution in [-0.4, -0.2) is 17.9 Å². The van der Waals surface area contributed by atoms with Crippen LogP contribution in [0, 0.1) is 0 Å². The molecule has 4 nitrogen and oxygen atoms in total. The van der Waals surface area contributed by atoms with Crippen LogP contribution < -0.4 is 4.74 Å². The smallest absolute Gasteiger partial charge is 0.258 e. The van der Waals surface area contributed by atoms with Gasteiger partial charge in [-0.3, -0.25) is 4.79 Å². The lowest BCUT2D eigenvalue weighted by molar-refractivity contribution is 0.0989. The van der Waals surface area contributed by atoms with Crippen LogP contribution in [0.15, 0.2) is 22.7 Å². The summed E-state index contributed by atoms with van der Waals surface area (Å²) in [5, 5.41) is 0.821. The number of ether oxygens (including phenoxy) is 1. The van der Waals surface area contributed by atoms with E-state index >= 15 is 0 Å². The van der Waals surface area contributed by atoms with Gasteiger partial charge in [0.05, 0.1) is 7.11 Å². The number of rotatable bonds is 2. The van der Waals surface area contributed by atoms with Gasteiger partial charge in [0, 0.05) is 18.5 Å². The van der Waals surface area contributed by atoms with E-state index in [1.54, 1.807) is 18.3 Å². The van der Waals surface area contributed by atoms with E-state index in [0.29, 0.717) is 17.2 Å². The van der Waals surface area contributed by atoms with Crippen LogP contribution in [0.4, 0.5) is 0 Å². The fourth-order valence-corrected chi connectivity index (χ4v) is 1.26. The molecule has 0 saturated heterocycles. The monoisotopic (exact) mass is 191 g/mol. The van der Waals surface area contributed by atoms with Gasteiger partial charge in [-0.15, -0.1) is 0 Å². The number of furan rings is 1. The Bertz CT molecular complexity index is 487. The van der Waals surface area contributed by atoms with Crippen LogP contribution in [0.1, 0.15) is 17.5 Å². The van der Waals surface area contributed by atoms with Crippen molar-refractivity contribution in [1.29, 1.82) is 0 Å². The van der Waals surface area contributed by atoms with E-state index in [-0.39, 0.29) is 5.78 Å². The van der Waals surface area contributed by atoms with Gasteiger partial charge in [-0.25, -0.2) is 4.98 Å². The average Bonchev–Trinajstić information content (AvgIpc) is 2.60. The summed E-state index contributed by atoms with van der Waals surface area (Å²) in [5.41, 5.74) is 0.514. The highest BCUT2D eigenvalue weighted by molar-refractivity contribution is 5.96. The molecule has 0 saturated carbocycles. The number of carbonyl (C=O) groups is 1. The number of hydrogen-bond acceptors (Lipinski definition) is 4. The Labute approximate surface area is 80.5 Å². The lowest BCUT2D eigenvalue weighted by Crippen LogP contribution is -1.87. The van der Waals surface area contributed by atoms with Gasteiger partial charge in [-0.1, -0.05) is 0 Å². The van der Waals surface area contributed by atoms with Gasteiger partial charge in [-0.05, 0) is 12.1 Å². The van der Waals surface area contributed by atoms with Gasteiger partial charge >= 0.3 is 0 Å². The topological polar surface area (TPSA) is 52.3 Å². The third-order valence-corrected chi connectivity index (χ3v) is 1.94. The lowest BCUT2D eigenvalue weighted by atomic mass is 10.3. The standard InChI is InChI=1S/C10H9NO3/c1-6(12)8-5-7-3-4-11-10(13-2)9(7)14-8/h3-5H,1-2H3. The van der Waals surface area contributed by atoms with Gasteiger partial charge in [-0.2, -0.15) is 0 Å². The van der Waals surface area contributed by atoms with Gasteiger partial charge in [0.15, 0.2) is 17.1 Å². The number of aromatic nitrogens is 1. The minimum atomic E-state index is -0.108. The van der Waals surface area contributed by atoms with Crippen LogP contribution in [0.5, 0.6) is 5.88 Å². The zero-order valence-electron chi connectivity index (χ0n) is 7.90. The van der Waals surface area contributed by atoms with Crippen molar-refractivity contribution in [1.82, 2.24) is 4.98 Å². The van der Waals surface area contributed by atoms with Crippen molar-refractivity contribution >= 4 is 16.8 Å². The molecule has 0 radical (unpaired) electrons. The predicted octanol–water partition coefficient (Wildman–Crippen LogP) is 2.04. The molecule has 2 heterocycles. The number of carbonyl (C=O) groups excluding carboxylic acids is 1. The third kappa shape index (κ3) is 1.25. The summed E-state index contributed by atoms with van der Waals surface area (Å²) in [5.74, 6) is 0.615. The quantitative estimate of drug-likeness (QED) is 0.681. The molecule has 2 aromatic rings. The molecule has 0 aromatic carbocycles. The second-order valence-electron chi connectivity index (χ2n) is 2.91. The first-order valence-corrected chi connectivity index (χ1v) is 4.16. The maximum absolute atomic E-state index is 11.1. The second-order valence-corrected chi connectivity index (χ2v) is 2.91. The number of methoxy groups -OCH3 is 1. The van der Waals surface area contributed by atoms with E-state index in [9.17, 15) is 4.79 Å². The number of ketones is 1. The maximum Gasteiger partial charge on any atom is 0.258 e. The van der Waals surface area contributed by atoms with Crippen molar-refractivity contribution in [2.45, 2.75) is 6.92 Å². The molecule has 2 aromatic heterocycles. The molecule has 2 rings (SSSR count). The van der Waals surface area contributed by atoms with Crippen molar-refractivity contribution in [3.63, 3.8) is 0 Å². The molecule has 72 valence electrons. The van der Waals surface area contributed by atoms with Crippen molar-refractivity contribution in [2.75, 3.05) is 7.11 Å². The molecule has 0 aliphatic rings. The Morgan fingerprint density at radius 3 is 3.00 bits per heavy atom. The Morgan fingerprint density at radius 2 is 2.36 bits per heavy atom. The molecule has 4 heteroatoms. The largest absolute Gasteiger partial charge is 0.478 e.